The Bertz CT molecular complexity index is 639. The second kappa shape index (κ2) is 9.02. The summed E-state index contributed by atoms with van der Waals surface area (Å²) in [6.07, 6.45) is 7.72. The summed E-state index contributed by atoms with van der Waals surface area (Å²) in [7, 11) is 0. The Balaban J connectivity index is 1.69. The van der Waals surface area contributed by atoms with Gasteiger partial charge in [0.05, 0.1) is 13.0 Å². The number of nitrogens with zero attached hydrogens (tertiary/aromatic N) is 1. The first-order valence-corrected chi connectivity index (χ1v) is 9.88. The van der Waals surface area contributed by atoms with Crippen LogP contribution in [0.25, 0.3) is 6.08 Å². The van der Waals surface area contributed by atoms with Crippen LogP contribution in [-0.4, -0.2) is 36.5 Å². The predicted octanol–water partition coefficient (Wildman–Crippen LogP) is 4.06. The van der Waals surface area contributed by atoms with Crippen molar-refractivity contribution in [1.82, 2.24) is 4.90 Å². The van der Waals surface area contributed by atoms with Gasteiger partial charge in [-0.1, -0.05) is 50.1 Å². The van der Waals surface area contributed by atoms with E-state index in [1.165, 1.54) is 25.7 Å². The Hall–Kier alpha value is -2.10. The SMILES string of the molecule is CCCOC(=O)/C(=C/c1ccccc1)CC(=O)N1C[C@H]2CCCC[C@H]2C1. The van der Waals surface area contributed by atoms with Crippen molar-refractivity contribution in [2.45, 2.75) is 45.4 Å². The average molecular weight is 355 g/mol. The maximum absolute atomic E-state index is 12.8. The van der Waals surface area contributed by atoms with Gasteiger partial charge in [0.1, 0.15) is 0 Å². The van der Waals surface area contributed by atoms with Crippen molar-refractivity contribution in [1.29, 1.82) is 0 Å². The molecule has 140 valence electrons. The molecule has 0 spiro atoms. The van der Waals surface area contributed by atoms with Crippen LogP contribution in [0.15, 0.2) is 35.9 Å². The molecule has 0 radical (unpaired) electrons. The number of esters is 1. The third-order valence-electron chi connectivity index (χ3n) is 5.51. The van der Waals surface area contributed by atoms with E-state index >= 15 is 0 Å². The van der Waals surface area contributed by atoms with Crippen LogP contribution in [0.1, 0.15) is 51.0 Å². The van der Waals surface area contributed by atoms with E-state index in [0.717, 1.165) is 25.1 Å². The van der Waals surface area contributed by atoms with Crippen LogP contribution >= 0.6 is 0 Å². The fraction of sp³-hybridized carbons (Fsp3) is 0.545. The second-order valence-corrected chi connectivity index (χ2v) is 7.50. The van der Waals surface area contributed by atoms with E-state index in [9.17, 15) is 9.59 Å². The molecule has 2 atom stereocenters. The van der Waals surface area contributed by atoms with Crippen LogP contribution in [0, 0.1) is 11.8 Å². The van der Waals surface area contributed by atoms with Gasteiger partial charge in [0, 0.05) is 18.7 Å². The molecule has 1 amide bonds. The summed E-state index contributed by atoms with van der Waals surface area (Å²) in [6.45, 7) is 4.05. The number of hydrogen-bond donors (Lipinski definition) is 0. The average Bonchev–Trinajstić information content (AvgIpc) is 3.10. The van der Waals surface area contributed by atoms with Crippen molar-refractivity contribution in [3.63, 3.8) is 0 Å². The molecule has 0 N–H and O–H groups in total. The number of rotatable bonds is 6. The number of carbonyl (C=O) groups is 2. The number of likely N-dealkylation sites (tertiary alicyclic amines) is 1. The van der Waals surface area contributed by atoms with Gasteiger partial charge in [0.2, 0.25) is 5.91 Å². The highest BCUT2D eigenvalue weighted by Gasteiger charge is 2.36. The third kappa shape index (κ3) is 4.75. The van der Waals surface area contributed by atoms with E-state index in [4.69, 9.17) is 4.74 Å². The number of fused-ring (bicyclic) bond motifs is 1. The van der Waals surface area contributed by atoms with Gasteiger partial charge in [-0.25, -0.2) is 4.79 Å². The predicted molar refractivity (Wildman–Crippen MR) is 102 cm³/mol. The first-order valence-electron chi connectivity index (χ1n) is 9.88. The van der Waals surface area contributed by atoms with Crippen LogP contribution in [-0.2, 0) is 14.3 Å². The summed E-state index contributed by atoms with van der Waals surface area (Å²) >= 11 is 0. The van der Waals surface area contributed by atoms with E-state index in [2.05, 4.69) is 0 Å². The maximum atomic E-state index is 12.8. The molecule has 0 bridgehead atoms. The molecule has 0 aromatic heterocycles. The highest BCUT2D eigenvalue weighted by molar-refractivity contribution is 5.99. The molecule has 1 aliphatic heterocycles. The molecule has 1 heterocycles. The van der Waals surface area contributed by atoms with E-state index < -0.39 is 0 Å². The van der Waals surface area contributed by atoms with Crippen molar-refractivity contribution in [3.8, 4) is 0 Å². The summed E-state index contributed by atoms with van der Waals surface area (Å²) < 4.78 is 5.31. The second-order valence-electron chi connectivity index (χ2n) is 7.50. The van der Waals surface area contributed by atoms with E-state index in [-0.39, 0.29) is 18.3 Å². The lowest BCUT2D eigenvalue weighted by molar-refractivity contribution is -0.140. The minimum atomic E-state index is -0.374. The van der Waals surface area contributed by atoms with Crippen molar-refractivity contribution < 1.29 is 14.3 Å². The van der Waals surface area contributed by atoms with Gasteiger partial charge in [0.25, 0.3) is 0 Å². The van der Waals surface area contributed by atoms with E-state index in [1.54, 1.807) is 6.08 Å². The fourth-order valence-electron chi connectivity index (χ4n) is 4.10. The molecule has 4 nitrogen and oxygen atoms in total. The highest BCUT2D eigenvalue weighted by Crippen LogP contribution is 2.36. The summed E-state index contributed by atoms with van der Waals surface area (Å²) in [5.74, 6) is 0.985. The van der Waals surface area contributed by atoms with Crippen molar-refractivity contribution in [3.05, 3.63) is 41.5 Å². The Labute approximate surface area is 156 Å². The van der Waals surface area contributed by atoms with Gasteiger partial charge < -0.3 is 9.64 Å². The quantitative estimate of drug-likeness (QED) is 0.571. The summed E-state index contributed by atoms with van der Waals surface area (Å²) in [5, 5.41) is 0. The number of amides is 1. The minimum absolute atomic E-state index is 0.0510. The number of carbonyl (C=O) groups excluding carboxylic acids is 2. The van der Waals surface area contributed by atoms with Crippen molar-refractivity contribution in [2.24, 2.45) is 11.8 Å². The molecule has 26 heavy (non-hydrogen) atoms. The van der Waals surface area contributed by atoms with Crippen LogP contribution < -0.4 is 0 Å². The molecule has 1 saturated heterocycles. The Morgan fingerprint density at radius 1 is 1.12 bits per heavy atom. The van der Waals surface area contributed by atoms with Gasteiger partial charge >= 0.3 is 5.97 Å². The topological polar surface area (TPSA) is 46.6 Å². The zero-order chi connectivity index (χ0) is 18.4. The van der Waals surface area contributed by atoms with Crippen molar-refractivity contribution in [2.75, 3.05) is 19.7 Å². The van der Waals surface area contributed by atoms with Crippen LogP contribution in [0.4, 0.5) is 0 Å². The summed E-state index contributed by atoms with van der Waals surface area (Å²) in [5.41, 5.74) is 1.36. The summed E-state index contributed by atoms with van der Waals surface area (Å²) in [4.78, 5) is 27.3. The molecule has 1 aromatic carbocycles. The molecule has 1 aromatic rings. The fourth-order valence-corrected chi connectivity index (χ4v) is 4.10. The molecular weight excluding hydrogens is 326 g/mol. The molecule has 4 heteroatoms. The number of ether oxygens (including phenoxy) is 1. The Kier molecular flexibility index (Phi) is 6.48. The molecule has 2 fully saturated rings. The molecule has 2 aliphatic rings. The summed E-state index contributed by atoms with van der Waals surface area (Å²) in [6, 6.07) is 9.65. The number of hydrogen-bond acceptors (Lipinski definition) is 3. The van der Waals surface area contributed by atoms with E-state index in [0.29, 0.717) is 24.0 Å². The highest BCUT2D eigenvalue weighted by atomic mass is 16.5. The van der Waals surface area contributed by atoms with Gasteiger partial charge in [-0.05, 0) is 42.7 Å². The van der Waals surface area contributed by atoms with Gasteiger partial charge in [-0.3, -0.25) is 4.79 Å². The lowest BCUT2D eigenvalue weighted by Gasteiger charge is -2.22. The monoisotopic (exact) mass is 355 g/mol. The van der Waals surface area contributed by atoms with Gasteiger partial charge in [-0.2, -0.15) is 0 Å². The zero-order valence-corrected chi connectivity index (χ0v) is 15.7. The first-order chi connectivity index (χ1) is 12.7. The van der Waals surface area contributed by atoms with Crippen LogP contribution in [0.5, 0.6) is 0 Å². The lowest BCUT2D eigenvalue weighted by atomic mass is 9.82. The zero-order valence-electron chi connectivity index (χ0n) is 15.7. The molecular formula is C22H29NO3. The molecule has 0 unspecified atom stereocenters. The lowest BCUT2D eigenvalue weighted by Crippen LogP contribution is -2.30. The Morgan fingerprint density at radius 2 is 1.77 bits per heavy atom. The largest absolute Gasteiger partial charge is 0.462 e. The molecule has 1 aliphatic carbocycles. The maximum Gasteiger partial charge on any atom is 0.334 e. The third-order valence-corrected chi connectivity index (χ3v) is 5.51. The number of benzene rings is 1. The molecule has 1 saturated carbocycles. The first kappa shape index (κ1) is 18.7. The smallest absolute Gasteiger partial charge is 0.334 e. The van der Waals surface area contributed by atoms with Crippen molar-refractivity contribution >= 4 is 18.0 Å². The molecule has 3 rings (SSSR count). The van der Waals surface area contributed by atoms with Crippen LogP contribution in [0.2, 0.25) is 0 Å². The Morgan fingerprint density at radius 3 is 2.38 bits per heavy atom. The van der Waals surface area contributed by atoms with Crippen LogP contribution in [0.3, 0.4) is 0 Å². The van der Waals surface area contributed by atoms with E-state index in [1.807, 2.05) is 42.2 Å². The normalized spacial score (nSPS) is 22.8. The van der Waals surface area contributed by atoms with Gasteiger partial charge in [-0.15, -0.1) is 0 Å². The standard InChI is InChI=1S/C22H29NO3/c1-2-12-26-22(25)20(13-17-8-4-3-5-9-17)14-21(24)23-15-18-10-6-7-11-19(18)16-23/h3-5,8-9,13,18-19H,2,6-7,10-12,14-16H2,1H3/b20-13+/t18-,19+. The minimum Gasteiger partial charge on any atom is -0.462 e. The van der Waals surface area contributed by atoms with Gasteiger partial charge in [0.15, 0.2) is 0 Å².